The van der Waals surface area contributed by atoms with Crippen LogP contribution in [0.4, 0.5) is 5.69 Å². The number of para-hydroxylation sites is 1. The van der Waals surface area contributed by atoms with Crippen LogP contribution in [0.15, 0.2) is 36.9 Å². The van der Waals surface area contributed by atoms with E-state index < -0.39 is 5.97 Å². The second kappa shape index (κ2) is 4.95. The lowest BCUT2D eigenvalue weighted by molar-refractivity contribution is -0.136. The average Bonchev–Trinajstić information content (AvgIpc) is 2.20. The quantitative estimate of drug-likeness (QED) is 0.731. The second-order valence-electron chi connectivity index (χ2n) is 2.92. The first-order valence-electron chi connectivity index (χ1n) is 4.36. The first kappa shape index (κ1) is 11.0. The van der Waals surface area contributed by atoms with Crippen LogP contribution in [0, 0.1) is 0 Å². The van der Waals surface area contributed by atoms with Crippen molar-refractivity contribution in [1.29, 1.82) is 0 Å². The lowest BCUT2D eigenvalue weighted by atomic mass is 10.1. The van der Waals surface area contributed by atoms with Crippen LogP contribution >= 0.6 is 0 Å². The van der Waals surface area contributed by atoms with E-state index in [1.165, 1.54) is 0 Å². The zero-order valence-electron chi connectivity index (χ0n) is 8.06. The summed E-state index contributed by atoms with van der Waals surface area (Å²) in [7, 11) is 0. The number of amides is 1. The van der Waals surface area contributed by atoms with Gasteiger partial charge in [0.1, 0.15) is 0 Å². The van der Waals surface area contributed by atoms with Crippen LogP contribution in [0.2, 0.25) is 0 Å². The maximum Gasteiger partial charge on any atom is 0.307 e. The number of benzene rings is 1. The van der Waals surface area contributed by atoms with E-state index in [2.05, 4.69) is 11.9 Å². The Kier molecular flexibility index (Phi) is 3.62. The molecule has 1 amide bonds. The number of carbonyl (C=O) groups excluding carboxylic acids is 1. The van der Waals surface area contributed by atoms with E-state index in [0.29, 0.717) is 11.3 Å². The molecule has 0 saturated carbocycles. The van der Waals surface area contributed by atoms with Gasteiger partial charge in [0.15, 0.2) is 0 Å². The SMILES string of the molecule is C=CC(=O)Nc1ccccc1CC(=O)O. The van der Waals surface area contributed by atoms with E-state index in [4.69, 9.17) is 5.11 Å². The molecule has 0 aliphatic carbocycles. The van der Waals surface area contributed by atoms with Crippen LogP contribution in [0.3, 0.4) is 0 Å². The third kappa shape index (κ3) is 3.27. The molecule has 1 rings (SSSR count). The van der Waals surface area contributed by atoms with Crippen LogP contribution < -0.4 is 5.32 Å². The van der Waals surface area contributed by atoms with Crippen LogP contribution in [0.1, 0.15) is 5.56 Å². The Morgan fingerprint density at radius 3 is 2.67 bits per heavy atom. The van der Waals surface area contributed by atoms with Gasteiger partial charge in [0.05, 0.1) is 6.42 Å². The van der Waals surface area contributed by atoms with Gasteiger partial charge >= 0.3 is 5.97 Å². The molecule has 0 heterocycles. The summed E-state index contributed by atoms with van der Waals surface area (Å²) in [5, 5.41) is 11.2. The van der Waals surface area contributed by atoms with E-state index >= 15 is 0 Å². The monoisotopic (exact) mass is 205 g/mol. The van der Waals surface area contributed by atoms with Crippen molar-refractivity contribution in [3.8, 4) is 0 Å². The maximum atomic E-state index is 11.0. The standard InChI is InChI=1S/C11H11NO3/c1-2-10(13)12-9-6-4-3-5-8(9)7-11(14)15/h2-6H,1,7H2,(H,12,13)(H,14,15). The van der Waals surface area contributed by atoms with Gasteiger partial charge in [-0.2, -0.15) is 0 Å². The number of carbonyl (C=O) groups is 2. The van der Waals surface area contributed by atoms with Crippen molar-refractivity contribution in [3.05, 3.63) is 42.5 Å². The molecule has 0 spiro atoms. The van der Waals surface area contributed by atoms with Crippen molar-refractivity contribution in [2.75, 3.05) is 5.32 Å². The van der Waals surface area contributed by atoms with E-state index in [0.717, 1.165) is 6.08 Å². The molecule has 1 aromatic rings. The molecular weight excluding hydrogens is 194 g/mol. The second-order valence-corrected chi connectivity index (χ2v) is 2.92. The van der Waals surface area contributed by atoms with Gasteiger partial charge in [-0.15, -0.1) is 0 Å². The molecule has 15 heavy (non-hydrogen) atoms. The molecule has 0 radical (unpaired) electrons. The van der Waals surface area contributed by atoms with Crippen molar-refractivity contribution in [2.24, 2.45) is 0 Å². The normalized spacial score (nSPS) is 9.33. The highest BCUT2D eigenvalue weighted by Gasteiger charge is 2.07. The fourth-order valence-electron chi connectivity index (χ4n) is 1.14. The Morgan fingerprint density at radius 2 is 2.07 bits per heavy atom. The molecule has 2 N–H and O–H groups in total. The third-order valence-corrected chi connectivity index (χ3v) is 1.80. The molecule has 0 unspecified atom stereocenters. The maximum absolute atomic E-state index is 11.0. The molecule has 0 aromatic heterocycles. The number of aliphatic carboxylic acids is 1. The van der Waals surface area contributed by atoms with E-state index in [9.17, 15) is 9.59 Å². The summed E-state index contributed by atoms with van der Waals surface area (Å²) < 4.78 is 0. The Balaban J connectivity index is 2.90. The largest absolute Gasteiger partial charge is 0.481 e. The predicted molar refractivity (Wildman–Crippen MR) is 56.6 cm³/mol. The van der Waals surface area contributed by atoms with Crippen LogP contribution in [0.25, 0.3) is 0 Å². The van der Waals surface area contributed by atoms with Crippen molar-refractivity contribution in [2.45, 2.75) is 6.42 Å². The molecule has 0 atom stereocenters. The highest BCUT2D eigenvalue weighted by Crippen LogP contribution is 2.15. The number of carboxylic acids is 1. The average molecular weight is 205 g/mol. The topological polar surface area (TPSA) is 66.4 Å². The molecule has 0 aliphatic rings. The predicted octanol–water partition coefficient (Wildman–Crippen LogP) is 1.44. The Labute approximate surface area is 87.2 Å². The van der Waals surface area contributed by atoms with E-state index in [1.54, 1.807) is 24.3 Å². The summed E-state index contributed by atoms with van der Waals surface area (Å²) in [4.78, 5) is 21.6. The summed E-state index contributed by atoms with van der Waals surface area (Å²) in [5.41, 5.74) is 1.07. The third-order valence-electron chi connectivity index (χ3n) is 1.80. The number of hydrogen-bond donors (Lipinski definition) is 2. The number of carboxylic acid groups (broad SMARTS) is 1. The van der Waals surface area contributed by atoms with Gasteiger partial charge in [-0.05, 0) is 17.7 Å². The van der Waals surface area contributed by atoms with Crippen molar-refractivity contribution >= 4 is 17.6 Å². The van der Waals surface area contributed by atoms with Gasteiger partial charge in [-0.3, -0.25) is 9.59 Å². The molecule has 0 fully saturated rings. The highest BCUT2D eigenvalue weighted by atomic mass is 16.4. The smallest absolute Gasteiger partial charge is 0.307 e. The Morgan fingerprint density at radius 1 is 1.40 bits per heavy atom. The minimum absolute atomic E-state index is 0.117. The Bertz CT molecular complexity index is 399. The molecule has 4 heteroatoms. The van der Waals surface area contributed by atoms with E-state index in [1.807, 2.05) is 0 Å². The van der Waals surface area contributed by atoms with Gasteiger partial charge in [0.25, 0.3) is 0 Å². The molecule has 1 aromatic carbocycles. The van der Waals surface area contributed by atoms with Crippen molar-refractivity contribution in [3.63, 3.8) is 0 Å². The molecular formula is C11H11NO3. The lowest BCUT2D eigenvalue weighted by Gasteiger charge is -2.07. The van der Waals surface area contributed by atoms with Gasteiger partial charge < -0.3 is 10.4 Å². The first-order chi connectivity index (χ1) is 7.13. The van der Waals surface area contributed by atoms with E-state index in [-0.39, 0.29) is 12.3 Å². The van der Waals surface area contributed by atoms with Crippen LogP contribution in [-0.2, 0) is 16.0 Å². The van der Waals surface area contributed by atoms with Gasteiger partial charge in [0, 0.05) is 5.69 Å². The zero-order chi connectivity index (χ0) is 11.3. The lowest BCUT2D eigenvalue weighted by Crippen LogP contribution is -2.11. The Hall–Kier alpha value is -2.10. The van der Waals surface area contributed by atoms with Gasteiger partial charge in [-0.25, -0.2) is 0 Å². The number of rotatable bonds is 4. The molecule has 4 nitrogen and oxygen atoms in total. The van der Waals surface area contributed by atoms with Crippen molar-refractivity contribution < 1.29 is 14.7 Å². The first-order valence-corrected chi connectivity index (χ1v) is 4.36. The summed E-state index contributed by atoms with van der Waals surface area (Å²) in [6.07, 6.45) is 1.02. The zero-order valence-corrected chi connectivity index (χ0v) is 8.06. The summed E-state index contributed by atoms with van der Waals surface area (Å²) >= 11 is 0. The number of nitrogens with one attached hydrogen (secondary N) is 1. The fraction of sp³-hybridized carbons (Fsp3) is 0.0909. The van der Waals surface area contributed by atoms with Crippen LogP contribution in [0.5, 0.6) is 0 Å². The van der Waals surface area contributed by atoms with Crippen LogP contribution in [-0.4, -0.2) is 17.0 Å². The minimum Gasteiger partial charge on any atom is -0.481 e. The summed E-state index contributed by atoms with van der Waals surface area (Å²) in [5.74, 6) is -1.29. The molecule has 0 saturated heterocycles. The minimum atomic E-state index is -0.935. The molecule has 78 valence electrons. The van der Waals surface area contributed by atoms with Gasteiger partial charge in [-0.1, -0.05) is 24.8 Å². The highest BCUT2D eigenvalue weighted by molar-refractivity contribution is 5.99. The number of anilines is 1. The van der Waals surface area contributed by atoms with Crippen molar-refractivity contribution in [1.82, 2.24) is 0 Å². The molecule has 0 aliphatic heterocycles. The molecule has 0 bridgehead atoms. The summed E-state index contributed by atoms with van der Waals surface area (Å²) in [6, 6.07) is 6.76. The number of hydrogen-bond acceptors (Lipinski definition) is 2. The fourth-order valence-corrected chi connectivity index (χ4v) is 1.14. The van der Waals surface area contributed by atoms with Gasteiger partial charge in [0.2, 0.25) is 5.91 Å². The summed E-state index contributed by atoms with van der Waals surface area (Å²) in [6.45, 7) is 3.32.